The molecule has 2 aromatic rings. The Balaban J connectivity index is 1.62. The molecule has 0 atom stereocenters. The highest BCUT2D eigenvalue weighted by Gasteiger charge is 2.00. The molecule has 0 aromatic heterocycles. The van der Waals surface area contributed by atoms with Crippen molar-refractivity contribution in [2.45, 2.75) is 32.1 Å². The van der Waals surface area contributed by atoms with E-state index in [-0.39, 0.29) is 5.97 Å². The first-order chi connectivity index (χ1) is 13.2. The van der Waals surface area contributed by atoms with Gasteiger partial charge in [-0.25, -0.2) is 4.79 Å². The fourth-order valence-electron chi connectivity index (χ4n) is 2.62. The largest absolute Gasteiger partial charge is 0.494 e. The second-order valence-electron chi connectivity index (χ2n) is 6.26. The number of nitriles is 1. The molecular weight excluding hydrogens is 338 g/mol. The Kier molecular flexibility index (Phi) is 8.65. The first-order valence-electron chi connectivity index (χ1n) is 9.21. The van der Waals surface area contributed by atoms with Gasteiger partial charge in [-0.3, -0.25) is 0 Å². The summed E-state index contributed by atoms with van der Waals surface area (Å²) in [5.74, 6) is 0.513. The van der Waals surface area contributed by atoms with E-state index in [2.05, 4.69) is 24.8 Å². The molecule has 0 fully saturated rings. The maximum absolute atomic E-state index is 10.9. The van der Waals surface area contributed by atoms with E-state index in [0.29, 0.717) is 18.8 Å². The van der Waals surface area contributed by atoms with Crippen LogP contribution in [0.15, 0.2) is 61.2 Å². The zero-order valence-corrected chi connectivity index (χ0v) is 15.5. The lowest BCUT2D eigenvalue weighted by molar-refractivity contribution is -0.137. The second kappa shape index (κ2) is 11.5. The van der Waals surface area contributed by atoms with Crippen LogP contribution in [0.3, 0.4) is 0 Å². The average Bonchev–Trinajstić information content (AvgIpc) is 2.71. The average molecular weight is 363 g/mol. The Morgan fingerprint density at radius 1 is 0.926 bits per heavy atom. The van der Waals surface area contributed by atoms with Crippen molar-refractivity contribution in [1.82, 2.24) is 0 Å². The predicted octanol–water partition coefficient (Wildman–Crippen LogP) is 4.82. The number of hydrogen-bond acceptors (Lipinski definition) is 4. The molecule has 4 nitrogen and oxygen atoms in total. The van der Waals surface area contributed by atoms with Gasteiger partial charge in [-0.05, 0) is 67.5 Å². The van der Waals surface area contributed by atoms with E-state index in [0.717, 1.165) is 37.9 Å². The maximum Gasteiger partial charge on any atom is 0.330 e. The lowest BCUT2D eigenvalue weighted by Gasteiger charge is -2.08. The van der Waals surface area contributed by atoms with E-state index in [1.165, 1.54) is 17.2 Å². The number of unbranched alkanes of at least 4 members (excludes halogenated alkanes) is 3. The molecule has 4 heteroatoms. The number of benzene rings is 2. The first-order valence-corrected chi connectivity index (χ1v) is 9.21. The van der Waals surface area contributed by atoms with Crippen molar-refractivity contribution >= 4 is 5.97 Å². The first kappa shape index (κ1) is 20.3. The van der Waals surface area contributed by atoms with E-state index in [1.807, 2.05) is 36.4 Å². The van der Waals surface area contributed by atoms with Crippen LogP contribution in [-0.4, -0.2) is 19.2 Å². The summed E-state index contributed by atoms with van der Waals surface area (Å²) < 4.78 is 10.7. The fraction of sp³-hybridized carbons (Fsp3) is 0.304. The minimum Gasteiger partial charge on any atom is -0.494 e. The van der Waals surface area contributed by atoms with Crippen LogP contribution in [0.25, 0.3) is 0 Å². The minimum absolute atomic E-state index is 0.360. The lowest BCUT2D eigenvalue weighted by Crippen LogP contribution is -2.02. The SMILES string of the molecule is C=CC(=O)OCCCCCCOc1ccc(Cc2ccc(C#N)cc2)cc1. The van der Waals surface area contributed by atoms with Crippen LogP contribution >= 0.6 is 0 Å². The Morgan fingerprint density at radius 2 is 1.52 bits per heavy atom. The number of rotatable bonds is 11. The summed E-state index contributed by atoms with van der Waals surface area (Å²) in [7, 11) is 0. The van der Waals surface area contributed by atoms with Gasteiger partial charge in [0.1, 0.15) is 5.75 Å². The molecule has 27 heavy (non-hydrogen) atoms. The molecule has 0 amide bonds. The van der Waals surface area contributed by atoms with Gasteiger partial charge in [0, 0.05) is 6.08 Å². The molecule has 0 aliphatic rings. The maximum atomic E-state index is 10.9. The fourth-order valence-corrected chi connectivity index (χ4v) is 2.62. The molecule has 0 saturated carbocycles. The van der Waals surface area contributed by atoms with E-state index >= 15 is 0 Å². The van der Waals surface area contributed by atoms with Crippen LogP contribution < -0.4 is 4.74 Å². The van der Waals surface area contributed by atoms with Crippen molar-refractivity contribution in [2.24, 2.45) is 0 Å². The summed E-state index contributed by atoms with van der Waals surface area (Å²) in [6, 6.07) is 17.9. The molecule has 0 radical (unpaired) electrons. The van der Waals surface area contributed by atoms with Crippen LogP contribution in [0.5, 0.6) is 5.75 Å². The van der Waals surface area contributed by atoms with Crippen LogP contribution in [0.2, 0.25) is 0 Å². The Morgan fingerprint density at radius 3 is 2.11 bits per heavy atom. The summed E-state index contributed by atoms with van der Waals surface area (Å²) in [6.07, 6.45) is 5.91. The highest BCUT2D eigenvalue weighted by Crippen LogP contribution is 2.16. The second-order valence-corrected chi connectivity index (χ2v) is 6.26. The monoisotopic (exact) mass is 363 g/mol. The van der Waals surface area contributed by atoms with Gasteiger partial charge in [0.25, 0.3) is 0 Å². The van der Waals surface area contributed by atoms with Gasteiger partial charge in [-0.15, -0.1) is 0 Å². The molecule has 2 rings (SSSR count). The smallest absolute Gasteiger partial charge is 0.330 e. The third kappa shape index (κ3) is 7.79. The third-order valence-corrected chi connectivity index (χ3v) is 4.13. The molecule has 0 bridgehead atoms. The molecular formula is C23H25NO3. The zero-order valence-electron chi connectivity index (χ0n) is 15.5. The minimum atomic E-state index is -0.360. The molecule has 2 aromatic carbocycles. The van der Waals surface area contributed by atoms with Gasteiger partial charge in [0.15, 0.2) is 0 Å². The Labute approximate surface area is 161 Å². The molecule has 0 heterocycles. The van der Waals surface area contributed by atoms with Crippen LogP contribution in [0.1, 0.15) is 42.4 Å². The summed E-state index contributed by atoms with van der Waals surface area (Å²) in [6.45, 7) is 4.49. The standard InChI is InChI=1S/C23H25NO3/c1-2-23(25)27-16-6-4-3-5-15-26-22-13-11-20(12-14-22)17-19-7-9-21(18-24)10-8-19/h2,7-14H,1,3-6,15-17H2. The normalized spacial score (nSPS) is 10.0. The predicted molar refractivity (Wildman–Crippen MR) is 106 cm³/mol. The molecule has 0 unspecified atom stereocenters. The Hall–Kier alpha value is -3.06. The molecule has 0 aliphatic heterocycles. The quantitative estimate of drug-likeness (QED) is 0.326. The van der Waals surface area contributed by atoms with Gasteiger partial charge >= 0.3 is 5.97 Å². The van der Waals surface area contributed by atoms with E-state index < -0.39 is 0 Å². The number of carbonyl (C=O) groups is 1. The van der Waals surface area contributed by atoms with Crippen molar-refractivity contribution in [1.29, 1.82) is 5.26 Å². The van der Waals surface area contributed by atoms with E-state index in [1.54, 1.807) is 0 Å². The van der Waals surface area contributed by atoms with Crippen LogP contribution in [0, 0.1) is 11.3 Å². The third-order valence-electron chi connectivity index (χ3n) is 4.13. The molecule has 140 valence electrons. The lowest BCUT2D eigenvalue weighted by atomic mass is 10.0. The van der Waals surface area contributed by atoms with Crippen molar-refractivity contribution in [3.05, 3.63) is 77.9 Å². The summed E-state index contributed by atoms with van der Waals surface area (Å²) in [5, 5.41) is 8.84. The van der Waals surface area contributed by atoms with Crippen molar-refractivity contribution in [3.63, 3.8) is 0 Å². The molecule has 0 saturated heterocycles. The number of esters is 1. The topological polar surface area (TPSA) is 59.3 Å². The van der Waals surface area contributed by atoms with Crippen LogP contribution in [0.4, 0.5) is 0 Å². The van der Waals surface area contributed by atoms with Gasteiger partial charge in [0.05, 0.1) is 24.8 Å². The van der Waals surface area contributed by atoms with Gasteiger partial charge in [-0.1, -0.05) is 30.8 Å². The number of hydrogen-bond donors (Lipinski definition) is 0. The zero-order chi connectivity index (χ0) is 19.3. The summed E-state index contributed by atoms with van der Waals surface area (Å²) in [5.41, 5.74) is 3.07. The molecule has 0 aliphatic carbocycles. The van der Waals surface area contributed by atoms with Crippen molar-refractivity contribution in [2.75, 3.05) is 13.2 Å². The van der Waals surface area contributed by atoms with E-state index in [4.69, 9.17) is 14.7 Å². The molecule has 0 spiro atoms. The van der Waals surface area contributed by atoms with Gasteiger partial charge < -0.3 is 9.47 Å². The highest BCUT2D eigenvalue weighted by atomic mass is 16.5. The van der Waals surface area contributed by atoms with E-state index in [9.17, 15) is 4.79 Å². The Bertz CT molecular complexity index is 758. The summed E-state index contributed by atoms with van der Waals surface area (Å²) in [4.78, 5) is 10.9. The van der Waals surface area contributed by atoms with Crippen molar-refractivity contribution < 1.29 is 14.3 Å². The van der Waals surface area contributed by atoms with Crippen LogP contribution in [-0.2, 0) is 16.0 Å². The highest BCUT2D eigenvalue weighted by molar-refractivity contribution is 5.81. The number of carbonyl (C=O) groups excluding carboxylic acids is 1. The number of ether oxygens (including phenoxy) is 2. The number of nitrogens with zero attached hydrogens (tertiary/aromatic N) is 1. The van der Waals surface area contributed by atoms with Gasteiger partial charge in [0.2, 0.25) is 0 Å². The summed E-state index contributed by atoms with van der Waals surface area (Å²) >= 11 is 0. The van der Waals surface area contributed by atoms with Gasteiger partial charge in [-0.2, -0.15) is 5.26 Å². The van der Waals surface area contributed by atoms with Crippen molar-refractivity contribution in [3.8, 4) is 11.8 Å². The molecule has 0 N–H and O–H groups in total.